The largest absolute Gasteiger partial charge is 0.492 e. The second-order valence-electron chi connectivity index (χ2n) is 5.18. The first-order valence-electron chi connectivity index (χ1n) is 7.53. The standard InChI is InChI=1S/C19H19NO2/c1-2-5-16(6-3-1)7-4-14-21-18-8-10-19(11-9-18)22-15-17-12-13-20-17/h1-3,5-6,8-11,17,20H,12-15H2/t17-/m1/s1. The number of benzene rings is 2. The first kappa shape index (κ1) is 14.5. The fraction of sp³-hybridized carbons (Fsp3) is 0.263. The maximum atomic E-state index is 5.70. The van der Waals surface area contributed by atoms with Crippen LogP contribution in [0.15, 0.2) is 54.6 Å². The summed E-state index contributed by atoms with van der Waals surface area (Å²) in [7, 11) is 0. The Morgan fingerprint density at radius 3 is 2.27 bits per heavy atom. The molecule has 112 valence electrons. The zero-order valence-corrected chi connectivity index (χ0v) is 12.4. The number of nitrogens with one attached hydrogen (secondary N) is 1. The highest BCUT2D eigenvalue weighted by atomic mass is 16.5. The van der Waals surface area contributed by atoms with Crippen molar-refractivity contribution in [2.75, 3.05) is 19.8 Å². The summed E-state index contributed by atoms with van der Waals surface area (Å²) in [5.41, 5.74) is 0.999. The number of rotatable bonds is 5. The van der Waals surface area contributed by atoms with Gasteiger partial charge in [0.05, 0.1) is 0 Å². The van der Waals surface area contributed by atoms with Crippen molar-refractivity contribution in [1.82, 2.24) is 5.32 Å². The van der Waals surface area contributed by atoms with Crippen LogP contribution in [0, 0.1) is 11.8 Å². The number of hydrogen-bond donors (Lipinski definition) is 1. The minimum atomic E-state index is 0.376. The number of ether oxygens (including phenoxy) is 2. The minimum Gasteiger partial charge on any atom is -0.492 e. The minimum absolute atomic E-state index is 0.376. The molecule has 1 N–H and O–H groups in total. The second-order valence-corrected chi connectivity index (χ2v) is 5.18. The van der Waals surface area contributed by atoms with Crippen LogP contribution in [0.5, 0.6) is 11.5 Å². The van der Waals surface area contributed by atoms with Gasteiger partial charge in [-0.3, -0.25) is 0 Å². The molecule has 2 aromatic rings. The van der Waals surface area contributed by atoms with Crippen LogP contribution in [0.4, 0.5) is 0 Å². The van der Waals surface area contributed by atoms with Gasteiger partial charge in [0, 0.05) is 11.6 Å². The molecule has 0 amide bonds. The van der Waals surface area contributed by atoms with Crippen LogP contribution >= 0.6 is 0 Å². The van der Waals surface area contributed by atoms with Crippen molar-refractivity contribution in [1.29, 1.82) is 0 Å². The molecule has 1 atom stereocenters. The molecule has 3 nitrogen and oxygen atoms in total. The Hall–Kier alpha value is -2.44. The highest BCUT2D eigenvalue weighted by molar-refractivity contribution is 5.34. The van der Waals surface area contributed by atoms with E-state index in [1.54, 1.807) is 0 Å². The molecule has 1 saturated heterocycles. The molecule has 2 aromatic carbocycles. The van der Waals surface area contributed by atoms with Gasteiger partial charge < -0.3 is 14.8 Å². The first-order chi connectivity index (χ1) is 10.9. The molecule has 3 heteroatoms. The molecular weight excluding hydrogens is 274 g/mol. The van der Waals surface area contributed by atoms with Gasteiger partial charge in [-0.1, -0.05) is 30.0 Å². The van der Waals surface area contributed by atoms with Crippen LogP contribution in [0.1, 0.15) is 12.0 Å². The van der Waals surface area contributed by atoms with Gasteiger partial charge in [0.15, 0.2) is 0 Å². The molecular formula is C19H19NO2. The molecule has 0 bridgehead atoms. The van der Waals surface area contributed by atoms with E-state index in [1.807, 2.05) is 54.6 Å². The van der Waals surface area contributed by atoms with Gasteiger partial charge in [-0.15, -0.1) is 0 Å². The van der Waals surface area contributed by atoms with E-state index in [-0.39, 0.29) is 0 Å². The van der Waals surface area contributed by atoms with Crippen molar-refractivity contribution in [3.63, 3.8) is 0 Å². The van der Waals surface area contributed by atoms with Gasteiger partial charge >= 0.3 is 0 Å². The van der Waals surface area contributed by atoms with E-state index in [0.29, 0.717) is 12.6 Å². The second kappa shape index (κ2) is 7.53. The van der Waals surface area contributed by atoms with Crippen LogP contribution in [0.3, 0.4) is 0 Å². The monoisotopic (exact) mass is 293 g/mol. The van der Waals surface area contributed by atoms with Crippen LogP contribution in [-0.2, 0) is 0 Å². The molecule has 1 aliphatic heterocycles. The van der Waals surface area contributed by atoms with Crippen molar-refractivity contribution in [2.24, 2.45) is 0 Å². The summed E-state index contributed by atoms with van der Waals surface area (Å²) in [6, 6.07) is 18.1. The molecule has 1 fully saturated rings. The van der Waals surface area contributed by atoms with E-state index >= 15 is 0 Å². The van der Waals surface area contributed by atoms with Crippen molar-refractivity contribution in [2.45, 2.75) is 12.5 Å². The van der Waals surface area contributed by atoms with Crippen molar-refractivity contribution < 1.29 is 9.47 Å². The molecule has 0 spiro atoms. The van der Waals surface area contributed by atoms with Gasteiger partial charge in [0.25, 0.3) is 0 Å². The summed E-state index contributed by atoms with van der Waals surface area (Å²) in [6.07, 6.45) is 1.20. The van der Waals surface area contributed by atoms with Gasteiger partial charge in [-0.2, -0.15) is 0 Å². The lowest BCUT2D eigenvalue weighted by atomic mass is 10.1. The molecule has 0 radical (unpaired) electrons. The molecule has 0 saturated carbocycles. The van der Waals surface area contributed by atoms with Crippen LogP contribution in [0.2, 0.25) is 0 Å². The lowest BCUT2D eigenvalue weighted by Crippen LogP contribution is -2.46. The molecule has 22 heavy (non-hydrogen) atoms. The van der Waals surface area contributed by atoms with E-state index in [0.717, 1.165) is 30.2 Å². The predicted octanol–water partition coefficient (Wildman–Crippen LogP) is 2.86. The van der Waals surface area contributed by atoms with Gasteiger partial charge in [-0.05, 0) is 49.4 Å². The van der Waals surface area contributed by atoms with Crippen molar-refractivity contribution in [3.8, 4) is 23.3 Å². The maximum absolute atomic E-state index is 5.70. The maximum Gasteiger partial charge on any atom is 0.149 e. The Labute approximate surface area is 131 Å². The summed E-state index contributed by atoms with van der Waals surface area (Å²) in [6.45, 7) is 2.20. The Morgan fingerprint density at radius 1 is 0.955 bits per heavy atom. The van der Waals surface area contributed by atoms with Gasteiger partial charge in [-0.25, -0.2) is 0 Å². The summed E-state index contributed by atoms with van der Waals surface area (Å²) >= 11 is 0. The van der Waals surface area contributed by atoms with E-state index in [2.05, 4.69) is 17.2 Å². The topological polar surface area (TPSA) is 30.5 Å². The Kier molecular flexibility index (Phi) is 4.96. The van der Waals surface area contributed by atoms with Gasteiger partial charge in [0.1, 0.15) is 24.7 Å². The van der Waals surface area contributed by atoms with E-state index < -0.39 is 0 Å². The summed E-state index contributed by atoms with van der Waals surface area (Å²) in [5, 5.41) is 3.31. The molecule has 1 aliphatic rings. The summed E-state index contributed by atoms with van der Waals surface area (Å²) in [4.78, 5) is 0. The van der Waals surface area contributed by atoms with Crippen LogP contribution in [-0.4, -0.2) is 25.8 Å². The first-order valence-corrected chi connectivity index (χ1v) is 7.53. The van der Waals surface area contributed by atoms with Crippen molar-refractivity contribution in [3.05, 3.63) is 60.2 Å². The lowest BCUT2D eigenvalue weighted by Gasteiger charge is -2.27. The third-order valence-electron chi connectivity index (χ3n) is 3.52. The molecule has 1 heterocycles. The quantitative estimate of drug-likeness (QED) is 0.860. The normalized spacial score (nSPS) is 16.1. The van der Waals surface area contributed by atoms with E-state index in [1.165, 1.54) is 6.42 Å². The fourth-order valence-corrected chi connectivity index (χ4v) is 2.10. The zero-order valence-electron chi connectivity index (χ0n) is 12.4. The predicted molar refractivity (Wildman–Crippen MR) is 87.2 cm³/mol. The van der Waals surface area contributed by atoms with Crippen molar-refractivity contribution >= 4 is 0 Å². The van der Waals surface area contributed by atoms with E-state index in [4.69, 9.17) is 9.47 Å². The SMILES string of the molecule is C(#Cc1ccccc1)COc1ccc(OC[C@H]2CCN2)cc1. The molecule has 3 rings (SSSR count). The number of hydrogen-bond acceptors (Lipinski definition) is 3. The van der Waals surface area contributed by atoms with Crippen LogP contribution < -0.4 is 14.8 Å². The van der Waals surface area contributed by atoms with E-state index in [9.17, 15) is 0 Å². The Balaban J connectivity index is 1.43. The third kappa shape index (κ3) is 4.28. The average Bonchev–Trinajstić information content (AvgIpc) is 2.52. The smallest absolute Gasteiger partial charge is 0.149 e. The molecule has 0 unspecified atom stereocenters. The Morgan fingerprint density at radius 2 is 1.64 bits per heavy atom. The lowest BCUT2D eigenvalue weighted by molar-refractivity contribution is 0.217. The summed E-state index contributed by atoms with van der Waals surface area (Å²) in [5.74, 6) is 7.75. The fourth-order valence-electron chi connectivity index (χ4n) is 2.10. The van der Waals surface area contributed by atoms with Gasteiger partial charge in [0.2, 0.25) is 0 Å². The Bertz CT molecular complexity index is 637. The highest BCUT2D eigenvalue weighted by Crippen LogP contribution is 2.18. The summed E-state index contributed by atoms with van der Waals surface area (Å²) < 4.78 is 11.3. The molecule has 0 aromatic heterocycles. The third-order valence-corrected chi connectivity index (χ3v) is 3.52. The average molecular weight is 293 g/mol. The van der Waals surface area contributed by atoms with Crippen LogP contribution in [0.25, 0.3) is 0 Å². The molecule has 0 aliphatic carbocycles. The zero-order chi connectivity index (χ0) is 15.0. The highest BCUT2D eigenvalue weighted by Gasteiger charge is 2.16.